The van der Waals surface area contributed by atoms with Crippen molar-refractivity contribution in [3.05, 3.63) is 83.9 Å². The van der Waals surface area contributed by atoms with Crippen LogP contribution in [0.1, 0.15) is 81.9 Å². The molecule has 1 fully saturated rings. The maximum absolute atomic E-state index is 14.1. The first-order valence-corrected chi connectivity index (χ1v) is 17.2. The fraction of sp³-hybridized carbons (Fsp3) is 0.474. The molecule has 0 heterocycles. The maximum Gasteiger partial charge on any atom is 0.243 e. The third kappa shape index (κ3) is 10.5. The predicted molar refractivity (Wildman–Crippen MR) is 186 cm³/mol. The van der Waals surface area contributed by atoms with E-state index in [2.05, 4.69) is 16.0 Å². The Labute approximate surface area is 278 Å². The summed E-state index contributed by atoms with van der Waals surface area (Å²) in [4.78, 5) is 54.2. The van der Waals surface area contributed by atoms with Gasteiger partial charge in [-0.15, -0.1) is 0 Å². The maximum atomic E-state index is 14.1. The number of unbranched alkanes of at least 4 members (excludes halogenated alkanes) is 1. The summed E-state index contributed by atoms with van der Waals surface area (Å²) in [6.07, 6.45) is 6.08. The van der Waals surface area contributed by atoms with Crippen LogP contribution in [0.2, 0.25) is 0 Å². The fourth-order valence-electron chi connectivity index (χ4n) is 6.60. The summed E-state index contributed by atoms with van der Waals surface area (Å²) in [7, 11) is 0. The normalized spacial score (nSPS) is 15.8. The molecule has 252 valence electrons. The molecule has 0 spiro atoms. The van der Waals surface area contributed by atoms with E-state index in [1.165, 1.54) is 0 Å². The zero-order valence-corrected chi connectivity index (χ0v) is 27.6. The van der Waals surface area contributed by atoms with E-state index >= 15 is 0 Å². The Balaban J connectivity index is 1.52. The third-order valence-corrected chi connectivity index (χ3v) is 9.32. The van der Waals surface area contributed by atoms with Gasteiger partial charge in [-0.05, 0) is 60.0 Å². The summed E-state index contributed by atoms with van der Waals surface area (Å²) in [6.45, 7) is 2.47. The quantitative estimate of drug-likeness (QED) is 0.129. The van der Waals surface area contributed by atoms with Crippen LogP contribution in [0.5, 0.6) is 0 Å². The van der Waals surface area contributed by atoms with Crippen LogP contribution < -0.4 is 27.4 Å². The SMILES string of the molecule is CCC(=O)N[C@@H](Cc1ccc2ccccc2c1)C(=O)N[C@H](C(=O)C[C@@H](CCCCN)C(=O)N[C@@H](CN)c1ccccc1)C1CCCC1. The van der Waals surface area contributed by atoms with Gasteiger partial charge >= 0.3 is 0 Å². The molecule has 0 aromatic heterocycles. The van der Waals surface area contributed by atoms with E-state index in [1.54, 1.807) is 6.92 Å². The van der Waals surface area contributed by atoms with E-state index in [0.29, 0.717) is 19.4 Å². The van der Waals surface area contributed by atoms with Crippen molar-refractivity contribution in [2.24, 2.45) is 23.3 Å². The minimum atomic E-state index is -0.847. The number of rotatable bonds is 18. The lowest BCUT2D eigenvalue weighted by Gasteiger charge is -2.28. The van der Waals surface area contributed by atoms with Gasteiger partial charge in [-0.25, -0.2) is 0 Å². The molecule has 9 nitrogen and oxygen atoms in total. The summed E-state index contributed by atoms with van der Waals surface area (Å²) >= 11 is 0. The van der Waals surface area contributed by atoms with Gasteiger partial charge in [0.15, 0.2) is 5.78 Å². The molecule has 47 heavy (non-hydrogen) atoms. The average Bonchev–Trinajstić information content (AvgIpc) is 3.63. The Morgan fingerprint density at radius 3 is 2.19 bits per heavy atom. The lowest BCUT2D eigenvalue weighted by Crippen LogP contribution is -2.54. The number of nitrogens with one attached hydrogen (secondary N) is 3. The number of nitrogens with two attached hydrogens (primary N) is 2. The molecule has 3 aromatic carbocycles. The molecular formula is C38H51N5O4. The van der Waals surface area contributed by atoms with E-state index in [4.69, 9.17) is 11.5 Å². The first-order chi connectivity index (χ1) is 22.8. The highest BCUT2D eigenvalue weighted by Gasteiger charge is 2.36. The Morgan fingerprint density at radius 1 is 0.809 bits per heavy atom. The Morgan fingerprint density at radius 2 is 1.51 bits per heavy atom. The van der Waals surface area contributed by atoms with Gasteiger partial charge in [0.05, 0.1) is 12.1 Å². The predicted octanol–water partition coefficient (Wildman–Crippen LogP) is 4.47. The zero-order valence-electron chi connectivity index (χ0n) is 27.6. The molecule has 0 saturated heterocycles. The summed E-state index contributed by atoms with van der Waals surface area (Å²) < 4.78 is 0. The van der Waals surface area contributed by atoms with Crippen LogP contribution >= 0.6 is 0 Å². The van der Waals surface area contributed by atoms with E-state index in [9.17, 15) is 19.2 Å². The molecule has 3 amide bonds. The third-order valence-electron chi connectivity index (χ3n) is 9.32. The molecule has 0 radical (unpaired) electrons. The summed E-state index contributed by atoms with van der Waals surface area (Å²) in [5.41, 5.74) is 13.6. The van der Waals surface area contributed by atoms with Gasteiger partial charge in [0.25, 0.3) is 0 Å². The number of benzene rings is 3. The lowest BCUT2D eigenvalue weighted by atomic mass is 9.86. The number of hydrogen-bond acceptors (Lipinski definition) is 6. The van der Waals surface area contributed by atoms with Crippen LogP contribution in [-0.2, 0) is 25.6 Å². The van der Waals surface area contributed by atoms with Gasteiger partial charge in [0.2, 0.25) is 17.7 Å². The van der Waals surface area contributed by atoms with E-state index in [1.807, 2.05) is 72.8 Å². The first-order valence-electron chi connectivity index (χ1n) is 17.2. The van der Waals surface area contributed by atoms with Gasteiger partial charge in [-0.3, -0.25) is 19.2 Å². The number of Topliss-reactive ketones (excluding diaryl/α,β-unsaturated/α-hetero) is 1. The molecule has 9 heteroatoms. The minimum Gasteiger partial charge on any atom is -0.348 e. The average molecular weight is 642 g/mol. The molecule has 1 aliphatic rings. The number of carbonyl (C=O) groups is 4. The van der Waals surface area contributed by atoms with Crippen LogP contribution in [-0.4, -0.2) is 48.7 Å². The molecule has 1 saturated carbocycles. The van der Waals surface area contributed by atoms with Crippen molar-refractivity contribution in [1.29, 1.82) is 0 Å². The van der Waals surface area contributed by atoms with Crippen molar-refractivity contribution >= 4 is 34.3 Å². The first kappa shape index (κ1) is 35.8. The van der Waals surface area contributed by atoms with Crippen molar-refractivity contribution in [2.45, 2.75) is 89.3 Å². The largest absolute Gasteiger partial charge is 0.348 e. The van der Waals surface area contributed by atoms with Crippen molar-refractivity contribution < 1.29 is 19.2 Å². The van der Waals surface area contributed by atoms with Crippen LogP contribution in [0.4, 0.5) is 0 Å². The van der Waals surface area contributed by atoms with Gasteiger partial charge in [-0.2, -0.15) is 0 Å². The van der Waals surface area contributed by atoms with Crippen molar-refractivity contribution in [3.63, 3.8) is 0 Å². The number of ketones is 1. The van der Waals surface area contributed by atoms with Crippen molar-refractivity contribution in [2.75, 3.05) is 13.1 Å². The molecule has 0 unspecified atom stereocenters. The van der Waals surface area contributed by atoms with Crippen LogP contribution in [0.3, 0.4) is 0 Å². The Kier molecular flexibility index (Phi) is 13.9. The monoisotopic (exact) mass is 641 g/mol. The molecule has 1 aliphatic carbocycles. The number of hydrogen-bond donors (Lipinski definition) is 5. The van der Waals surface area contributed by atoms with Gasteiger partial charge in [0.1, 0.15) is 6.04 Å². The van der Waals surface area contributed by atoms with Crippen LogP contribution in [0.25, 0.3) is 10.8 Å². The Bertz CT molecular complexity index is 1470. The van der Waals surface area contributed by atoms with Gasteiger partial charge in [0, 0.05) is 31.7 Å². The molecule has 7 N–H and O–H groups in total. The standard InChI is InChI=1S/C38H51N5O4/c1-2-35(45)41-32(23-26-19-20-27-12-6-9-17-30(27)22-26)38(47)43-36(29-15-7-8-16-29)34(44)24-31(18-10-11-21-39)37(46)42-33(25-40)28-13-4-3-5-14-28/h3-6,9,12-14,17,19-20,22,29,31-33,36H,2,7-8,10-11,15-16,18,21,23-25,39-40H2,1H3,(H,41,45)(H,42,46)(H,43,47)/t31-,32+,33+,36+/m1/s1. The topological polar surface area (TPSA) is 156 Å². The van der Waals surface area contributed by atoms with E-state index in [0.717, 1.165) is 54.0 Å². The fourth-order valence-corrected chi connectivity index (χ4v) is 6.60. The van der Waals surface area contributed by atoms with Crippen molar-refractivity contribution in [1.82, 2.24) is 16.0 Å². The molecule has 3 aromatic rings. The zero-order chi connectivity index (χ0) is 33.6. The van der Waals surface area contributed by atoms with Crippen molar-refractivity contribution in [3.8, 4) is 0 Å². The van der Waals surface area contributed by atoms with E-state index in [-0.39, 0.29) is 61.3 Å². The highest BCUT2D eigenvalue weighted by atomic mass is 16.2. The highest BCUT2D eigenvalue weighted by molar-refractivity contribution is 5.95. The molecular weight excluding hydrogens is 590 g/mol. The molecule has 0 aliphatic heterocycles. The summed E-state index contributed by atoms with van der Waals surface area (Å²) in [6, 6.07) is 21.6. The molecule has 4 rings (SSSR count). The van der Waals surface area contributed by atoms with Crippen LogP contribution in [0, 0.1) is 11.8 Å². The minimum absolute atomic E-state index is 0.000588. The number of carbonyl (C=O) groups excluding carboxylic acids is 4. The smallest absolute Gasteiger partial charge is 0.243 e. The number of fused-ring (bicyclic) bond motifs is 1. The summed E-state index contributed by atoms with van der Waals surface area (Å²) in [5, 5.41) is 11.2. The van der Waals surface area contributed by atoms with E-state index < -0.39 is 18.0 Å². The second-order valence-electron chi connectivity index (χ2n) is 12.7. The summed E-state index contributed by atoms with van der Waals surface area (Å²) in [5.74, 6) is -1.62. The van der Waals surface area contributed by atoms with Gasteiger partial charge < -0.3 is 27.4 Å². The second kappa shape index (κ2) is 18.3. The Hall–Kier alpha value is -4.08. The molecule has 4 atom stereocenters. The lowest BCUT2D eigenvalue weighted by molar-refractivity contribution is -0.134. The number of amides is 3. The van der Waals surface area contributed by atoms with Gasteiger partial charge in [-0.1, -0.05) is 99.0 Å². The molecule has 0 bridgehead atoms. The van der Waals surface area contributed by atoms with Crippen LogP contribution in [0.15, 0.2) is 72.8 Å². The second-order valence-corrected chi connectivity index (χ2v) is 12.7. The highest BCUT2D eigenvalue weighted by Crippen LogP contribution is 2.30.